The van der Waals surface area contributed by atoms with Gasteiger partial charge in [0.1, 0.15) is 12.0 Å². The van der Waals surface area contributed by atoms with Crippen molar-refractivity contribution in [1.82, 2.24) is 14.5 Å². The molecule has 0 saturated heterocycles. The molecule has 0 atom stereocenters. The average molecular weight is 231 g/mol. The van der Waals surface area contributed by atoms with Crippen LogP contribution < -0.4 is 5.56 Å². The predicted octanol–water partition coefficient (Wildman–Crippen LogP) is 2.50. The Bertz CT molecular complexity index is 599. The van der Waals surface area contributed by atoms with Gasteiger partial charge in [-0.25, -0.2) is 9.97 Å². The second-order valence-electron chi connectivity index (χ2n) is 4.82. The van der Waals surface area contributed by atoms with Gasteiger partial charge in [-0.3, -0.25) is 9.36 Å². The fraction of sp³-hybridized carbons (Fsp3) is 0.462. The van der Waals surface area contributed by atoms with Crippen LogP contribution >= 0.6 is 0 Å². The van der Waals surface area contributed by atoms with Crippen LogP contribution in [0.25, 0.3) is 11.0 Å². The smallest absolute Gasteiger partial charge is 0.255 e. The maximum Gasteiger partial charge on any atom is 0.255 e. The lowest BCUT2D eigenvalue weighted by Crippen LogP contribution is -2.26. The van der Waals surface area contributed by atoms with E-state index in [9.17, 15) is 4.79 Å². The molecule has 2 aromatic heterocycles. The van der Waals surface area contributed by atoms with Gasteiger partial charge in [-0.05, 0) is 25.8 Å². The molecule has 0 N–H and O–H groups in total. The summed E-state index contributed by atoms with van der Waals surface area (Å²) in [6.07, 6.45) is 3.24. The van der Waals surface area contributed by atoms with E-state index in [0.29, 0.717) is 5.65 Å². The summed E-state index contributed by atoms with van der Waals surface area (Å²) in [5, 5.41) is 0.921. The van der Waals surface area contributed by atoms with Crippen molar-refractivity contribution in [2.75, 3.05) is 0 Å². The first-order chi connectivity index (χ1) is 8.02. The first kappa shape index (κ1) is 11.8. The zero-order valence-corrected chi connectivity index (χ0v) is 10.6. The zero-order chi connectivity index (χ0) is 12.6. The highest BCUT2D eigenvalue weighted by atomic mass is 16.1. The molecule has 2 heterocycles. The molecular weight excluding hydrogens is 214 g/mol. The Morgan fingerprint density at radius 2 is 1.94 bits per heavy atom. The first-order valence-electron chi connectivity index (χ1n) is 5.87. The molecular formula is C13H17N3O. The molecule has 0 saturated carbocycles. The molecule has 0 aromatic carbocycles. The maximum absolute atomic E-state index is 12.4. The van der Waals surface area contributed by atoms with Gasteiger partial charge in [0, 0.05) is 23.2 Å². The SMILES string of the molecule is CC(C)c1cc2cncnc2n(C(C)C)c1=O. The molecule has 0 aliphatic heterocycles. The van der Waals surface area contributed by atoms with Gasteiger partial charge >= 0.3 is 0 Å². The first-order valence-corrected chi connectivity index (χ1v) is 5.87. The molecule has 0 radical (unpaired) electrons. The normalized spacial score (nSPS) is 11.6. The van der Waals surface area contributed by atoms with E-state index in [1.807, 2.05) is 33.8 Å². The number of fused-ring (bicyclic) bond motifs is 1. The molecule has 4 heteroatoms. The van der Waals surface area contributed by atoms with Crippen molar-refractivity contribution in [3.8, 4) is 0 Å². The molecule has 0 spiro atoms. The molecule has 17 heavy (non-hydrogen) atoms. The zero-order valence-electron chi connectivity index (χ0n) is 10.6. The average Bonchev–Trinajstić information content (AvgIpc) is 2.27. The van der Waals surface area contributed by atoms with Crippen molar-refractivity contribution in [1.29, 1.82) is 0 Å². The number of pyridine rings is 1. The number of hydrogen-bond donors (Lipinski definition) is 0. The predicted molar refractivity (Wildman–Crippen MR) is 68.3 cm³/mol. The Morgan fingerprint density at radius 1 is 1.24 bits per heavy atom. The third kappa shape index (κ3) is 1.95. The van der Waals surface area contributed by atoms with Gasteiger partial charge in [0.2, 0.25) is 0 Å². The lowest BCUT2D eigenvalue weighted by molar-refractivity contribution is 0.586. The van der Waals surface area contributed by atoms with E-state index in [2.05, 4.69) is 9.97 Å². The summed E-state index contributed by atoms with van der Waals surface area (Å²) in [4.78, 5) is 20.6. The molecule has 0 bridgehead atoms. The fourth-order valence-electron chi connectivity index (χ4n) is 1.99. The van der Waals surface area contributed by atoms with Crippen LogP contribution in [0.4, 0.5) is 0 Å². The molecule has 0 amide bonds. The molecule has 0 unspecified atom stereocenters. The van der Waals surface area contributed by atoms with Crippen LogP contribution in [0.2, 0.25) is 0 Å². The highest BCUT2D eigenvalue weighted by Gasteiger charge is 2.14. The van der Waals surface area contributed by atoms with Gasteiger partial charge in [-0.1, -0.05) is 13.8 Å². The minimum absolute atomic E-state index is 0.0567. The Kier molecular flexibility index (Phi) is 2.96. The number of rotatable bonds is 2. The second-order valence-corrected chi connectivity index (χ2v) is 4.82. The van der Waals surface area contributed by atoms with E-state index in [-0.39, 0.29) is 17.5 Å². The van der Waals surface area contributed by atoms with Crippen molar-refractivity contribution >= 4 is 11.0 Å². The summed E-state index contributed by atoms with van der Waals surface area (Å²) in [5.74, 6) is 0.206. The second kappa shape index (κ2) is 4.28. The monoisotopic (exact) mass is 231 g/mol. The van der Waals surface area contributed by atoms with Crippen molar-refractivity contribution in [3.63, 3.8) is 0 Å². The van der Waals surface area contributed by atoms with Crippen molar-refractivity contribution in [2.45, 2.75) is 39.7 Å². The van der Waals surface area contributed by atoms with Gasteiger partial charge in [0.25, 0.3) is 5.56 Å². The van der Waals surface area contributed by atoms with Crippen LogP contribution in [-0.2, 0) is 0 Å². The number of aromatic nitrogens is 3. The Morgan fingerprint density at radius 3 is 2.53 bits per heavy atom. The summed E-state index contributed by atoms with van der Waals surface area (Å²) in [5.41, 5.74) is 1.59. The van der Waals surface area contributed by atoms with Crippen LogP contribution in [0, 0.1) is 0 Å². The highest BCUT2D eigenvalue weighted by Crippen LogP contribution is 2.18. The Labute approximate surface area is 100 Å². The van der Waals surface area contributed by atoms with Gasteiger partial charge in [-0.2, -0.15) is 0 Å². The minimum atomic E-state index is 0.0567. The molecule has 4 nitrogen and oxygen atoms in total. The third-order valence-corrected chi connectivity index (χ3v) is 2.86. The van der Waals surface area contributed by atoms with E-state index < -0.39 is 0 Å². The van der Waals surface area contributed by atoms with Crippen LogP contribution in [0.15, 0.2) is 23.4 Å². The van der Waals surface area contributed by atoms with Gasteiger partial charge in [-0.15, -0.1) is 0 Å². The largest absolute Gasteiger partial charge is 0.290 e. The summed E-state index contributed by atoms with van der Waals surface area (Å²) in [7, 11) is 0. The van der Waals surface area contributed by atoms with Crippen molar-refractivity contribution in [3.05, 3.63) is 34.5 Å². The molecule has 90 valence electrons. The van der Waals surface area contributed by atoms with E-state index in [0.717, 1.165) is 10.9 Å². The molecule has 2 aromatic rings. The van der Waals surface area contributed by atoms with Gasteiger partial charge < -0.3 is 0 Å². The van der Waals surface area contributed by atoms with Crippen molar-refractivity contribution in [2.24, 2.45) is 0 Å². The number of hydrogen-bond acceptors (Lipinski definition) is 3. The topological polar surface area (TPSA) is 47.8 Å². The summed E-state index contributed by atoms with van der Waals surface area (Å²) in [6.45, 7) is 8.04. The summed E-state index contributed by atoms with van der Waals surface area (Å²) < 4.78 is 1.74. The van der Waals surface area contributed by atoms with E-state index >= 15 is 0 Å². The Hall–Kier alpha value is -1.71. The standard InChI is InChI=1S/C13H17N3O/c1-8(2)11-5-10-6-14-7-15-12(10)16(9(3)4)13(11)17/h5-9H,1-4H3. The summed E-state index contributed by atoms with van der Waals surface area (Å²) in [6, 6.07) is 2.00. The molecule has 0 aliphatic rings. The van der Waals surface area contributed by atoms with Crippen LogP contribution in [0.5, 0.6) is 0 Å². The lowest BCUT2D eigenvalue weighted by Gasteiger charge is -2.16. The highest BCUT2D eigenvalue weighted by molar-refractivity contribution is 5.74. The van der Waals surface area contributed by atoms with E-state index in [4.69, 9.17) is 0 Å². The number of nitrogens with zero attached hydrogens (tertiary/aromatic N) is 3. The van der Waals surface area contributed by atoms with Crippen LogP contribution in [0.3, 0.4) is 0 Å². The molecule has 2 rings (SSSR count). The van der Waals surface area contributed by atoms with Crippen molar-refractivity contribution < 1.29 is 0 Å². The maximum atomic E-state index is 12.4. The van der Waals surface area contributed by atoms with Gasteiger partial charge in [0.15, 0.2) is 0 Å². The lowest BCUT2D eigenvalue weighted by atomic mass is 10.0. The minimum Gasteiger partial charge on any atom is -0.290 e. The fourth-order valence-corrected chi connectivity index (χ4v) is 1.99. The van der Waals surface area contributed by atoms with E-state index in [1.165, 1.54) is 6.33 Å². The Balaban J connectivity index is 2.91. The summed E-state index contributed by atoms with van der Waals surface area (Å²) >= 11 is 0. The molecule has 0 fully saturated rings. The van der Waals surface area contributed by atoms with Crippen LogP contribution in [-0.4, -0.2) is 14.5 Å². The van der Waals surface area contributed by atoms with E-state index in [1.54, 1.807) is 10.8 Å². The van der Waals surface area contributed by atoms with Crippen LogP contribution in [0.1, 0.15) is 45.2 Å². The van der Waals surface area contributed by atoms with Gasteiger partial charge in [0.05, 0.1) is 0 Å². The quantitative estimate of drug-likeness (QED) is 0.797. The third-order valence-electron chi connectivity index (χ3n) is 2.86. The molecule has 0 aliphatic carbocycles.